The number of rotatable bonds is 7. The monoisotopic (exact) mass is 819 g/mol. The molecule has 0 aliphatic rings. The Kier molecular flexibility index (Phi) is 18.2. The van der Waals surface area contributed by atoms with E-state index in [9.17, 15) is 44.2 Å². The van der Waals surface area contributed by atoms with Crippen LogP contribution in [0.2, 0.25) is 0 Å². The molecule has 0 aliphatic heterocycles. The van der Waals surface area contributed by atoms with Gasteiger partial charge in [0.05, 0.1) is 48.9 Å². The van der Waals surface area contributed by atoms with Gasteiger partial charge in [-0.15, -0.1) is 11.3 Å². The first kappa shape index (κ1) is 43.9. The van der Waals surface area contributed by atoms with Crippen molar-refractivity contribution in [1.82, 2.24) is 9.97 Å². The zero-order valence-corrected chi connectivity index (χ0v) is 32.2. The summed E-state index contributed by atoms with van der Waals surface area (Å²) >= 11 is 1.16. The summed E-state index contributed by atoms with van der Waals surface area (Å²) in [5.74, 6) is -1.38. The average molecular weight is 819 g/mol. The molecule has 3 heterocycles. The number of aliphatic hydroxyl groups is 2. The van der Waals surface area contributed by atoms with E-state index < -0.39 is 56.5 Å². The molecule has 2 unspecified atom stereocenters. The van der Waals surface area contributed by atoms with E-state index in [1.54, 1.807) is 37.4 Å². The fourth-order valence-electron chi connectivity index (χ4n) is 3.96. The number of halogens is 3. The molecule has 2 atom stereocenters. The molecule has 1 aromatic carbocycles. The first-order valence-corrected chi connectivity index (χ1v) is 15.4. The van der Waals surface area contributed by atoms with Gasteiger partial charge in [0.25, 0.3) is 0 Å². The minimum absolute atomic E-state index is 0. The normalized spacial score (nSPS) is 13.1. The standard InChI is InChI=1S/C16H16N2O6S2.C8H9F3O2S.Eu.2Na/c1-9-5-11(7-25(19,20)21)13-3-4-14-12(8-26(22,23)24)6-10(2)18-16(14)15(13)17-9;9-8(10,11)7(13)4-5(12)6-2-1-3-14-6;;;/h3-6H,7-8H2,1-2H3,(H,19,20,21)(H,22,23,24);1-3,5,7,12-13H,4H2;;;/q;;;2*+1/p-2. The Bertz CT molecular complexity index is 1650. The third kappa shape index (κ3) is 13.5. The fraction of sp³-hybridized carbons (Fsp3) is 0.333. The number of hydrogen-bond donors (Lipinski definition) is 2. The van der Waals surface area contributed by atoms with Crippen LogP contribution in [0.15, 0.2) is 41.8 Å². The van der Waals surface area contributed by atoms with Crippen LogP contribution >= 0.6 is 11.3 Å². The maximum absolute atomic E-state index is 11.9. The molecule has 19 heteroatoms. The van der Waals surface area contributed by atoms with E-state index in [0.717, 1.165) is 11.3 Å². The molecule has 0 bridgehead atoms. The minimum atomic E-state index is -4.67. The van der Waals surface area contributed by atoms with Crippen molar-refractivity contribution >= 4 is 53.4 Å². The summed E-state index contributed by atoms with van der Waals surface area (Å²) in [4.78, 5) is 9.20. The van der Waals surface area contributed by atoms with E-state index in [1.165, 1.54) is 18.2 Å². The molecule has 1 radical (unpaired) electrons. The molecule has 2 N–H and O–H groups in total. The van der Waals surface area contributed by atoms with Crippen LogP contribution in [0.3, 0.4) is 0 Å². The molecule has 0 saturated heterocycles. The zero-order chi connectivity index (χ0) is 30.0. The van der Waals surface area contributed by atoms with Crippen molar-refractivity contribution in [2.24, 2.45) is 0 Å². The topological polar surface area (TPSA) is 181 Å². The second kappa shape index (κ2) is 17.8. The number of hydrogen-bond acceptors (Lipinski definition) is 11. The smallest absolute Gasteiger partial charge is 0.748 e. The Morgan fingerprint density at radius 1 is 0.860 bits per heavy atom. The van der Waals surface area contributed by atoms with Crippen LogP contribution in [0.25, 0.3) is 21.8 Å². The van der Waals surface area contributed by atoms with Crippen molar-refractivity contribution < 1.29 is 158 Å². The summed E-state index contributed by atoms with van der Waals surface area (Å²) in [7, 11) is -9.00. The number of thiophene rings is 1. The number of benzene rings is 1. The largest absolute Gasteiger partial charge is 1.00 e. The van der Waals surface area contributed by atoms with Crippen molar-refractivity contribution in [1.29, 1.82) is 0 Å². The molecular formula is C24H23EuF3N2Na2O8S3. The van der Waals surface area contributed by atoms with Gasteiger partial charge in [-0.25, -0.2) is 16.8 Å². The molecule has 0 aliphatic carbocycles. The number of aliphatic hydroxyl groups excluding tert-OH is 2. The van der Waals surface area contributed by atoms with Crippen LogP contribution in [-0.4, -0.2) is 58.4 Å². The van der Waals surface area contributed by atoms with Crippen molar-refractivity contribution in [3.63, 3.8) is 0 Å². The van der Waals surface area contributed by atoms with Gasteiger partial charge in [-0.1, -0.05) is 18.2 Å². The molecule has 0 fully saturated rings. The Hall–Kier alpha value is 0.854. The van der Waals surface area contributed by atoms with E-state index in [4.69, 9.17) is 5.11 Å². The molecular weight excluding hydrogens is 795 g/mol. The fourth-order valence-corrected chi connectivity index (χ4v) is 5.93. The molecule has 3 aromatic heterocycles. The van der Waals surface area contributed by atoms with E-state index in [0.29, 0.717) is 49.2 Å². The maximum Gasteiger partial charge on any atom is 1.00 e. The third-order valence-corrected chi connectivity index (χ3v) is 7.85. The van der Waals surface area contributed by atoms with Crippen molar-refractivity contribution in [2.75, 3.05) is 0 Å². The Morgan fingerprint density at radius 3 is 1.60 bits per heavy atom. The van der Waals surface area contributed by atoms with Crippen LogP contribution in [0, 0.1) is 63.2 Å². The van der Waals surface area contributed by atoms with Gasteiger partial charge in [-0.2, -0.15) is 13.2 Å². The minimum Gasteiger partial charge on any atom is -0.748 e. The van der Waals surface area contributed by atoms with Crippen molar-refractivity contribution in [3.8, 4) is 0 Å². The van der Waals surface area contributed by atoms with Crippen LogP contribution < -0.4 is 59.1 Å². The molecule has 43 heavy (non-hydrogen) atoms. The Labute approximate surface area is 335 Å². The summed E-state index contributed by atoms with van der Waals surface area (Å²) < 4.78 is 103. The quantitative estimate of drug-likeness (QED) is 0.116. The Balaban J connectivity index is 0.000000895. The van der Waals surface area contributed by atoms with Gasteiger partial charge in [0, 0.05) is 82.8 Å². The van der Waals surface area contributed by atoms with E-state index in [2.05, 4.69) is 9.97 Å². The first-order chi connectivity index (χ1) is 18.3. The van der Waals surface area contributed by atoms with Crippen LogP contribution in [0.4, 0.5) is 13.2 Å². The first-order valence-electron chi connectivity index (χ1n) is 11.4. The van der Waals surface area contributed by atoms with Gasteiger partial charge in [0.2, 0.25) is 0 Å². The van der Waals surface area contributed by atoms with E-state index >= 15 is 0 Å². The SMILES string of the molecule is Cc1cc(CS(=O)(=O)[O-])c2ccc3c(CS(=O)(=O)[O-])cc(C)nc3c2n1.OC(CC(O)C(F)(F)F)c1cccs1.[Eu].[Na+].[Na+]. The van der Waals surface area contributed by atoms with Crippen LogP contribution in [0.1, 0.15) is 39.9 Å². The molecule has 0 amide bonds. The Morgan fingerprint density at radius 2 is 1.28 bits per heavy atom. The maximum atomic E-state index is 11.9. The molecule has 225 valence electrons. The van der Waals surface area contributed by atoms with Gasteiger partial charge < -0.3 is 19.3 Å². The molecule has 0 spiro atoms. The average Bonchev–Trinajstić information content (AvgIpc) is 3.32. The van der Waals surface area contributed by atoms with Gasteiger partial charge in [0.15, 0.2) is 6.10 Å². The van der Waals surface area contributed by atoms with E-state index in [-0.39, 0.29) is 108 Å². The number of fused-ring (bicyclic) bond motifs is 3. The number of pyridine rings is 2. The summed E-state index contributed by atoms with van der Waals surface area (Å²) in [5.41, 5.74) is 2.29. The van der Waals surface area contributed by atoms with Gasteiger partial charge in [0.1, 0.15) is 0 Å². The van der Waals surface area contributed by atoms with Crippen LogP contribution in [0.5, 0.6) is 0 Å². The summed E-state index contributed by atoms with van der Waals surface area (Å²) in [5, 5.41) is 20.5. The van der Waals surface area contributed by atoms with E-state index in [1.807, 2.05) is 0 Å². The molecule has 4 rings (SSSR count). The predicted octanol–water partition coefficient (Wildman–Crippen LogP) is -2.41. The second-order valence-electron chi connectivity index (χ2n) is 8.93. The molecule has 10 nitrogen and oxygen atoms in total. The number of nitrogens with zero attached hydrogens (tertiary/aromatic N) is 2. The molecule has 0 saturated carbocycles. The van der Waals surface area contributed by atoms with Gasteiger partial charge in [-0.05, 0) is 48.6 Å². The predicted molar refractivity (Wildman–Crippen MR) is 139 cm³/mol. The summed E-state index contributed by atoms with van der Waals surface area (Å²) in [6.07, 6.45) is -9.12. The summed E-state index contributed by atoms with van der Waals surface area (Å²) in [6, 6.07) is 9.30. The van der Waals surface area contributed by atoms with Gasteiger partial charge in [-0.3, -0.25) is 9.97 Å². The number of aromatic nitrogens is 2. The van der Waals surface area contributed by atoms with Crippen LogP contribution in [-0.2, 0) is 31.7 Å². The second-order valence-corrected chi connectivity index (χ2v) is 12.7. The zero-order valence-electron chi connectivity index (χ0n) is 23.3. The van der Waals surface area contributed by atoms with Gasteiger partial charge >= 0.3 is 65.3 Å². The van der Waals surface area contributed by atoms with Crippen molar-refractivity contribution in [2.45, 2.75) is 50.2 Å². The van der Waals surface area contributed by atoms with Crippen molar-refractivity contribution in [3.05, 3.63) is 69.2 Å². The number of aryl methyl sites for hydroxylation is 2. The summed E-state index contributed by atoms with van der Waals surface area (Å²) in [6.45, 7) is 3.30. The third-order valence-electron chi connectivity index (χ3n) is 5.55. The number of alkyl halides is 3. The molecule has 4 aromatic rings.